The number of benzene rings is 1. The Labute approximate surface area is 91.7 Å². The van der Waals surface area contributed by atoms with Crippen molar-refractivity contribution in [1.82, 2.24) is 9.97 Å². The first-order valence-corrected chi connectivity index (χ1v) is 4.70. The molecule has 1 aromatic heterocycles. The van der Waals surface area contributed by atoms with Crippen molar-refractivity contribution in [1.29, 1.82) is 0 Å². The molecule has 0 fully saturated rings. The van der Waals surface area contributed by atoms with Crippen molar-refractivity contribution in [2.24, 2.45) is 0 Å². The lowest BCUT2D eigenvalue weighted by atomic mass is 10.1. The highest BCUT2D eigenvalue weighted by molar-refractivity contribution is 5.85. The molecular weight excluding hydrogens is 208 g/mol. The summed E-state index contributed by atoms with van der Waals surface area (Å²) >= 11 is 0. The highest BCUT2D eigenvalue weighted by Crippen LogP contribution is 2.20. The van der Waals surface area contributed by atoms with E-state index >= 15 is 0 Å². The lowest BCUT2D eigenvalue weighted by molar-refractivity contribution is -0.136. The lowest BCUT2D eigenvalue weighted by Gasteiger charge is -2.04. The summed E-state index contributed by atoms with van der Waals surface area (Å²) in [5.74, 6) is -0.219. The van der Waals surface area contributed by atoms with E-state index < -0.39 is 5.97 Å². The summed E-state index contributed by atoms with van der Waals surface area (Å²) in [4.78, 5) is 18.7. The van der Waals surface area contributed by atoms with Crippen LogP contribution in [-0.4, -0.2) is 28.2 Å². The van der Waals surface area contributed by atoms with E-state index in [9.17, 15) is 4.79 Å². The van der Waals surface area contributed by atoms with Crippen LogP contribution in [0, 0.1) is 0 Å². The van der Waals surface area contributed by atoms with Gasteiger partial charge in [0.15, 0.2) is 0 Å². The van der Waals surface area contributed by atoms with Crippen LogP contribution >= 0.6 is 0 Å². The third-order valence-corrected chi connectivity index (χ3v) is 2.24. The van der Waals surface area contributed by atoms with Gasteiger partial charge in [-0.05, 0) is 12.1 Å². The largest absolute Gasteiger partial charge is 0.497 e. The molecule has 1 aromatic carbocycles. The standard InChI is InChI=1S/C11H10N2O3/c1-16-7-2-3-8-9(4-7)12-6-13-10(8)5-11(14)15/h2-4,6H,5H2,1H3,(H,14,15). The first-order valence-electron chi connectivity index (χ1n) is 4.70. The van der Waals surface area contributed by atoms with Crippen molar-refractivity contribution in [2.75, 3.05) is 7.11 Å². The molecule has 0 aliphatic carbocycles. The number of aliphatic carboxylic acids is 1. The van der Waals surface area contributed by atoms with Crippen LogP contribution in [0.3, 0.4) is 0 Å². The number of aromatic nitrogens is 2. The predicted octanol–water partition coefficient (Wildman–Crippen LogP) is 1.27. The molecule has 0 radical (unpaired) electrons. The fraction of sp³-hybridized carbons (Fsp3) is 0.182. The summed E-state index contributed by atoms with van der Waals surface area (Å²) in [7, 11) is 1.57. The van der Waals surface area contributed by atoms with Gasteiger partial charge in [0.2, 0.25) is 0 Å². The molecule has 2 rings (SSSR count). The van der Waals surface area contributed by atoms with Crippen molar-refractivity contribution >= 4 is 16.9 Å². The third kappa shape index (κ3) is 1.93. The van der Waals surface area contributed by atoms with Gasteiger partial charge in [-0.2, -0.15) is 0 Å². The number of methoxy groups -OCH3 is 1. The van der Waals surface area contributed by atoms with Gasteiger partial charge in [-0.1, -0.05) is 0 Å². The van der Waals surface area contributed by atoms with Crippen molar-refractivity contribution in [2.45, 2.75) is 6.42 Å². The zero-order valence-corrected chi connectivity index (χ0v) is 8.67. The molecular formula is C11H10N2O3. The number of carbonyl (C=O) groups is 1. The molecule has 82 valence electrons. The van der Waals surface area contributed by atoms with Gasteiger partial charge in [0.1, 0.15) is 12.1 Å². The molecule has 1 heterocycles. The summed E-state index contributed by atoms with van der Waals surface area (Å²) in [5, 5.41) is 9.48. The molecule has 0 aliphatic rings. The maximum Gasteiger partial charge on any atom is 0.309 e. The van der Waals surface area contributed by atoms with Gasteiger partial charge in [-0.3, -0.25) is 4.79 Å². The van der Waals surface area contributed by atoms with E-state index in [-0.39, 0.29) is 6.42 Å². The molecule has 5 nitrogen and oxygen atoms in total. The monoisotopic (exact) mass is 218 g/mol. The normalized spacial score (nSPS) is 10.3. The number of rotatable bonds is 3. The summed E-state index contributed by atoms with van der Waals surface area (Å²) < 4.78 is 5.07. The van der Waals surface area contributed by atoms with E-state index in [0.29, 0.717) is 17.0 Å². The van der Waals surface area contributed by atoms with Crippen LogP contribution in [0.15, 0.2) is 24.5 Å². The SMILES string of the molecule is COc1ccc2c(CC(=O)O)ncnc2c1. The molecule has 0 saturated heterocycles. The number of ether oxygens (including phenoxy) is 1. The quantitative estimate of drug-likeness (QED) is 0.839. The Morgan fingerprint density at radius 2 is 2.25 bits per heavy atom. The number of hydrogen-bond donors (Lipinski definition) is 1. The van der Waals surface area contributed by atoms with Crippen LogP contribution < -0.4 is 4.74 Å². The van der Waals surface area contributed by atoms with E-state index in [4.69, 9.17) is 9.84 Å². The van der Waals surface area contributed by atoms with Gasteiger partial charge in [0, 0.05) is 11.5 Å². The van der Waals surface area contributed by atoms with Gasteiger partial charge in [0.25, 0.3) is 0 Å². The topological polar surface area (TPSA) is 72.3 Å². The second-order valence-electron chi connectivity index (χ2n) is 3.27. The lowest BCUT2D eigenvalue weighted by Crippen LogP contribution is -2.03. The van der Waals surface area contributed by atoms with Gasteiger partial charge in [-0.15, -0.1) is 0 Å². The number of carboxylic acids is 1. The predicted molar refractivity (Wildman–Crippen MR) is 57.4 cm³/mol. The first kappa shape index (κ1) is 10.4. The van der Waals surface area contributed by atoms with Gasteiger partial charge in [0.05, 0.1) is 24.7 Å². The smallest absolute Gasteiger partial charge is 0.309 e. The van der Waals surface area contributed by atoms with Crippen molar-refractivity contribution in [3.63, 3.8) is 0 Å². The van der Waals surface area contributed by atoms with Crippen LogP contribution in [0.2, 0.25) is 0 Å². The van der Waals surface area contributed by atoms with Crippen molar-refractivity contribution < 1.29 is 14.6 Å². The molecule has 0 spiro atoms. The maximum atomic E-state index is 10.7. The number of nitrogens with zero attached hydrogens (tertiary/aromatic N) is 2. The molecule has 0 bridgehead atoms. The number of hydrogen-bond acceptors (Lipinski definition) is 4. The second-order valence-corrected chi connectivity index (χ2v) is 3.27. The molecule has 5 heteroatoms. The number of fused-ring (bicyclic) bond motifs is 1. The van der Waals surface area contributed by atoms with E-state index in [2.05, 4.69) is 9.97 Å². The summed E-state index contributed by atoms with van der Waals surface area (Å²) in [6.45, 7) is 0. The zero-order chi connectivity index (χ0) is 11.5. The Kier molecular flexibility index (Phi) is 2.68. The molecule has 2 aromatic rings. The summed E-state index contributed by atoms with van der Waals surface area (Å²) in [6, 6.07) is 5.28. The fourth-order valence-corrected chi connectivity index (χ4v) is 1.50. The maximum absolute atomic E-state index is 10.7. The molecule has 0 amide bonds. The Balaban J connectivity index is 2.55. The minimum Gasteiger partial charge on any atom is -0.497 e. The second kappa shape index (κ2) is 4.14. The first-order chi connectivity index (χ1) is 7.70. The van der Waals surface area contributed by atoms with Crippen molar-refractivity contribution in [3.05, 3.63) is 30.2 Å². The fourth-order valence-electron chi connectivity index (χ4n) is 1.50. The average molecular weight is 218 g/mol. The molecule has 0 saturated carbocycles. The highest BCUT2D eigenvalue weighted by atomic mass is 16.5. The Hall–Kier alpha value is -2.17. The minimum atomic E-state index is -0.907. The van der Waals surface area contributed by atoms with Crippen LogP contribution in [0.4, 0.5) is 0 Å². The molecule has 1 N–H and O–H groups in total. The van der Waals surface area contributed by atoms with Gasteiger partial charge < -0.3 is 9.84 Å². The van der Waals surface area contributed by atoms with Crippen LogP contribution in [-0.2, 0) is 11.2 Å². The Morgan fingerprint density at radius 3 is 2.94 bits per heavy atom. The molecule has 16 heavy (non-hydrogen) atoms. The van der Waals surface area contributed by atoms with E-state index in [0.717, 1.165) is 5.39 Å². The average Bonchev–Trinajstić information content (AvgIpc) is 2.28. The zero-order valence-electron chi connectivity index (χ0n) is 8.67. The van der Waals surface area contributed by atoms with E-state index in [1.807, 2.05) is 0 Å². The molecule has 0 atom stereocenters. The van der Waals surface area contributed by atoms with Gasteiger partial charge in [-0.25, -0.2) is 9.97 Å². The van der Waals surface area contributed by atoms with E-state index in [1.54, 1.807) is 25.3 Å². The van der Waals surface area contributed by atoms with Crippen LogP contribution in [0.1, 0.15) is 5.69 Å². The third-order valence-electron chi connectivity index (χ3n) is 2.24. The molecule has 0 aliphatic heterocycles. The Bertz CT molecular complexity index is 540. The van der Waals surface area contributed by atoms with Gasteiger partial charge >= 0.3 is 5.97 Å². The molecule has 0 unspecified atom stereocenters. The van der Waals surface area contributed by atoms with Crippen molar-refractivity contribution in [3.8, 4) is 5.75 Å². The summed E-state index contributed by atoms with van der Waals surface area (Å²) in [6.07, 6.45) is 1.26. The van der Waals surface area contributed by atoms with Crippen LogP contribution in [0.25, 0.3) is 10.9 Å². The van der Waals surface area contributed by atoms with E-state index in [1.165, 1.54) is 6.33 Å². The Morgan fingerprint density at radius 1 is 1.44 bits per heavy atom. The number of carboxylic acid groups (broad SMARTS) is 1. The summed E-state index contributed by atoms with van der Waals surface area (Å²) in [5.41, 5.74) is 1.20. The highest BCUT2D eigenvalue weighted by Gasteiger charge is 2.08. The van der Waals surface area contributed by atoms with Crippen LogP contribution in [0.5, 0.6) is 5.75 Å². The minimum absolute atomic E-state index is 0.106.